The zero-order valence-electron chi connectivity index (χ0n) is 10.4. The molecular formula is C12H19ClN4. The van der Waals surface area contributed by atoms with Gasteiger partial charge in [0.05, 0.1) is 11.6 Å². The molecule has 1 saturated heterocycles. The van der Waals surface area contributed by atoms with Crippen molar-refractivity contribution in [2.45, 2.75) is 24.8 Å². The molecule has 0 saturated carbocycles. The van der Waals surface area contributed by atoms with E-state index in [1.165, 1.54) is 12.8 Å². The van der Waals surface area contributed by atoms with Gasteiger partial charge in [-0.3, -0.25) is 0 Å². The van der Waals surface area contributed by atoms with E-state index in [0.29, 0.717) is 11.9 Å². The number of hydrogen-bond acceptors (Lipinski definition) is 4. The summed E-state index contributed by atoms with van der Waals surface area (Å²) in [5.41, 5.74) is 0.832. The van der Waals surface area contributed by atoms with Crippen molar-refractivity contribution < 1.29 is 0 Å². The number of rotatable bonds is 4. The first-order valence-electron chi connectivity index (χ1n) is 6.00. The molecule has 94 valence electrons. The van der Waals surface area contributed by atoms with Crippen molar-refractivity contribution in [3.8, 4) is 0 Å². The highest BCUT2D eigenvalue weighted by atomic mass is 35.5. The molecule has 0 bridgehead atoms. The van der Waals surface area contributed by atoms with Crippen LogP contribution in [0.25, 0.3) is 0 Å². The molecule has 1 fully saturated rings. The number of hydrogen-bond donors (Lipinski definition) is 0. The lowest BCUT2D eigenvalue weighted by atomic mass is 10.2. The van der Waals surface area contributed by atoms with Crippen LogP contribution in [0.1, 0.15) is 18.5 Å². The fourth-order valence-electron chi connectivity index (χ4n) is 2.33. The van der Waals surface area contributed by atoms with Gasteiger partial charge in [-0.2, -0.15) is 5.10 Å². The zero-order chi connectivity index (χ0) is 12.3. The van der Waals surface area contributed by atoms with E-state index < -0.39 is 0 Å². The molecule has 0 amide bonds. The first-order chi connectivity index (χ1) is 8.20. The van der Waals surface area contributed by atoms with Crippen LogP contribution in [0.3, 0.4) is 0 Å². The summed E-state index contributed by atoms with van der Waals surface area (Å²) < 4.78 is 0. The number of halogens is 1. The van der Waals surface area contributed by atoms with Crippen LogP contribution in [0.5, 0.6) is 0 Å². The van der Waals surface area contributed by atoms with Crippen molar-refractivity contribution in [2.24, 2.45) is 0 Å². The molecule has 0 aromatic carbocycles. The molecule has 1 unspecified atom stereocenters. The Morgan fingerprint density at radius 3 is 2.82 bits per heavy atom. The molecular weight excluding hydrogens is 236 g/mol. The summed E-state index contributed by atoms with van der Waals surface area (Å²) in [7, 11) is 4.22. The number of alkyl halides is 1. The lowest BCUT2D eigenvalue weighted by Gasteiger charge is -2.27. The van der Waals surface area contributed by atoms with Gasteiger partial charge in [-0.1, -0.05) is 0 Å². The SMILES string of the molecule is CN(C)CC1CCCN1c1ccc(CCl)nn1. The minimum atomic E-state index is 0.425. The van der Waals surface area contributed by atoms with Gasteiger partial charge in [0.25, 0.3) is 0 Å². The molecule has 2 heterocycles. The first kappa shape index (κ1) is 12.6. The number of nitrogens with zero attached hydrogens (tertiary/aromatic N) is 4. The third-order valence-corrected chi connectivity index (χ3v) is 3.36. The van der Waals surface area contributed by atoms with Crippen LogP contribution in [0, 0.1) is 0 Å². The first-order valence-corrected chi connectivity index (χ1v) is 6.54. The highest BCUT2D eigenvalue weighted by Crippen LogP contribution is 2.23. The Kier molecular flexibility index (Phi) is 4.18. The smallest absolute Gasteiger partial charge is 0.151 e. The van der Waals surface area contributed by atoms with Crippen LogP contribution in [0.4, 0.5) is 5.82 Å². The van der Waals surface area contributed by atoms with Crippen LogP contribution < -0.4 is 4.90 Å². The summed E-state index contributed by atoms with van der Waals surface area (Å²) in [4.78, 5) is 4.58. The van der Waals surface area contributed by atoms with Gasteiger partial charge in [-0.05, 0) is 39.1 Å². The summed E-state index contributed by atoms with van der Waals surface area (Å²) >= 11 is 5.71. The molecule has 5 heteroatoms. The van der Waals surface area contributed by atoms with E-state index in [0.717, 1.165) is 24.6 Å². The Hall–Kier alpha value is -0.870. The molecule has 1 aliphatic heterocycles. The maximum absolute atomic E-state index is 5.71. The van der Waals surface area contributed by atoms with Crippen LogP contribution in [-0.4, -0.2) is 48.3 Å². The molecule has 0 radical (unpaired) electrons. The van der Waals surface area contributed by atoms with Crippen molar-refractivity contribution in [3.63, 3.8) is 0 Å². The normalized spacial score (nSPS) is 20.2. The molecule has 0 spiro atoms. The number of aromatic nitrogens is 2. The number of likely N-dealkylation sites (N-methyl/N-ethyl adjacent to an activating group) is 1. The van der Waals surface area contributed by atoms with E-state index in [1.807, 2.05) is 12.1 Å². The summed E-state index contributed by atoms with van der Waals surface area (Å²) in [6.07, 6.45) is 2.47. The Morgan fingerprint density at radius 2 is 2.24 bits per heavy atom. The minimum Gasteiger partial charge on any atom is -0.351 e. The molecule has 0 N–H and O–H groups in total. The van der Waals surface area contributed by atoms with Gasteiger partial charge in [0.2, 0.25) is 0 Å². The molecule has 4 nitrogen and oxygen atoms in total. The Balaban J connectivity index is 2.08. The van der Waals surface area contributed by atoms with Crippen molar-refractivity contribution >= 4 is 17.4 Å². The summed E-state index contributed by atoms with van der Waals surface area (Å²) in [6, 6.07) is 4.54. The van der Waals surface area contributed by atoms with E-state index in [1.54, 1.807) is 0 Å². The molecule has 1 aliphatic rings. The highest BCUT2D eigenvalue weighted by molar-refractivity contribution is 6.16. The third kappa shape index (κ3) is 3.07. The molecule has 1 atom stereocenters. The van der Waals surface area contributed by atoms with Crippen molar-refractivity contribution in [2.75, 3.05) is 32.1 Å². The van der Waals surface area contributed by atoms with Gasteiger partial charge in [-0.15, -0.1) is 16.7 Å². The van der Waals surface area contributed by atoms with Crippen LogP contribution in [0.2, 0.25) is 0 Å². The summed E-state index contributed by atoms with van der Waals surface area (Å²) in [5, 5.41) is 8.38. The second kappa shape index (κ2) is 5.65. The Morgan fingerprint density at radius 1 is 1.41 bits per heavy atom. The maximum Gasteiger partial charge on any atom is 0.151 e. The predicted octanol–water partition coefficient (Wildman–Crippen LogP) is 1.75. The lowest BCUT2D eigenvalue weighted by molar-refractivity contribution is 0.371. The van der Waals surface area contributed by atoms with Gasteiger partial charge >= 0.3 is 0 Å². The summed E-state index contributed by atoms with van der Waals surface area (Å²) in [6.45, 7) is 2.15. The van der Waals surface area contributed by atoms with E-state index in [2.05, 4.69) is 34.1 Å². The second-order valence-corrected chi connectivity index (χ2v) is 5.04. The van der Waals surface area contributed by atoms with Gasteiger partial charge < -0.3 is 9.80 Å². The van der Waals surface area contributed by atoms with Crippen LogP contribution in [0.15, 0.2) is 12.1 Å². The summed E-state index contributed by atoms with van der Waals surface area (Å²) in [5.74, 6) is 1.40. The Labute approximate surface area is 108 Å². The molecule has 0 aliphatic carbocycles. The largest absolute Gasteiger partial charge is 0.351 e. The van der Waals surface area contributed by atoms with E-state index in [-0.39, 0.29) is 0 Å². The van der Waals surface area contributed by atoms with Crippen molar-refractivity contribution in [1.82, 2.24) is 15.1 Å². The van der Waals surface area contributed by atoms with E-state index in [4.69, 9.17) is 11.6 Å². The lowest BCUT2D eigenvalue weighted by Crippen LogP contribution is -2.38. The van der Waals surface area contributed by atoms with Crippen molar-refractivity contribution in [1.29, 1.82) is 0 Å². The predicted molar refractivity (Wildman–Crippen MR) is 70.5 cm³/mol. The topological polar surface area (TPSA) is 32.3 Å². The fourth-order valence-corrected chi connectivity index (χ4v) is 2.47. The quantitative estimate of drug-likeness (QED) is 0.767. The maximum atomic E-state index is 5.71. The fraction of sp³-hybridized carbons (Fsp3) is 0.667. The van der Waals surface area contributed by atoms with Crippen LogP contribution >= 0.6 is 11.6 Å². The van der Waals surface area contributed by atoms with Gasteiger partial charge in [0.1, 0.15) is 0 Å². The highest BCUT2D eigenvalue weighted by Gasteiger charge is 2.26. The molecule has 2 rings (SSSR count). The second-order valence-electron chi connectivity index (χ2n) is 4.77. The van der Waals surface area contributed by atoms with E-state index in [9.17, 15) is 0 Å². The van der Waals surface area contributed by atoms with Crippen LogP contribution in [-0.2, 0) is 5.88 Å². The molecule has 1 aromatic rings. The average molecular weight is 255 g/mol. The minimum absolute atomic E-state index is 0.425. The van der Waals surface area contributed by atoms with Gasteiger partial charge in [0, 0.05) is 19.1 Å². The molecule has 17 heavy (non-hydrogen) atoms. The number of anilines is 1. The monoisotopic (exact) mass is 254 g/mol. The van der Waals surface area contributed by atoms with E-state index >= 15 is 0 Å². The third-order valence-electron chi connectivity index (χ3n) is 3.09. The Bertz CT molecular complexity index is 352. The van der Waals surface area contributed by atoms with Crippen molar-refractivity contribution in [3.05, 3.63) is 17.8 Å². The van der Waals surface area contributed by atoms with Gasteiger partial charge in [-0.25, -0.2) is 0 Å². The standard InChI is InChI=1S/C12H19ClN4/c1-16(2)9-11-4-3-7-17(11)12-6-5-10(8-13)14-15-12/h5-6,11H,3-4,7-9H2,1-2H3. The average Bonchev–Trinajstić information content (AvgIpc) is 2.76. The zero-order valence-corrected chi connectivity index (χ0v) is 11.2. The van der Waals surface area contributed by atoms with Gasteiger partial charge in [0.15, 0.2) is 5.82 Å². The molecule has 1 aromatic heterocycles.